The molecule has 13 heavy (non-hydrogen) atoms. The number of nitrogens with zero attached hydrogens (tertiary/aromatic N) is 1. The molecule has 5 heteroatoms. The van der Waals surface area contributed by atoms with Crippen LogP contribution in [0, 0.1) is 0 Å². The summed E-state index contributed by atoms with van der Waals surface area (Å²) in [5.74, 6) is 0. The number of piperazine rings is 1. The average Bonchev–Trinajstić information content (AvgIpc) is 2.16. The zero-order chi connectivity index (χ0) is 9.52. The number of thiocarbonyl (C=S) groups is 1. The Kier molecular flexibility index (Phi) is 5.70. The number of rotatable bonds is 3. The van der Waals surface area contributed by atoms with E-state index in [1.807, 2.05) is 0 Å². The van der Waals surface area contributed by atoms with Gasteiger partial charge < -0.3 is 10.6 Å². The zero-order valence-electron chi connectivity index (χ0n) is 8.01. The Morgan fingerprint density at radius 1 is 1.54 bits per heavy atom. The van der Waals surface area contributed by atoms with Crippen molar-refractivity contribution < 1.29 is 0 Å². The summed E-state index contributed by atoms with van der Waals surface area (Å²) < 4.78 is 3.21. The molecule has 0 saturated carbocycles. The van der Waals surface area contributed by atoms with E-state index in [4.69, 9.17) is 12.2 Å². The molecule has 1 heterocycles. The van der Waals surface area contributed by atoms with E-state index in [1.165, 1.54) is 0 Å². The highest BCUT2D eigenvalue weighted by atomic mass is 32.2. The lowest BCUT2D eigenvalue weighted by atomic mass is 10.4. The molecule has 2 N–H and O–H groups in total. The van der Waals surface area contributed by atoms with Crippen molar-refractivity contribution >= 4 is 28.5 Å². The Morgan fingerprint density at radius 3 is 2.85 bits per heavy atom. The van der Waals surface area contributed by atoms with Crippen molar-refractivity contribution in [3.8, 4) is 0 Å². The molecule has 0 atom stereocenters. The molecule has 0 bridgehead atoms. The molecule has 76 valence electrons. The summed E-state index contributed by atoms with van der Waals surface area (Å²) in [7, 11) is 0. The Labute approximate surface area is 89.8 Å². The molecule has 1 rings (SSSR count). The van der Waals surface area contributed by atoms with Gasteiger partial charge >= 0.3 is 0 Å². The van der Waals surface area contributed by atoms with E-state index < -0.39 is 0 Å². The summed E-state index contributed by atoms with van der Waals surface area (Å²) in [6.07, 6.45) is 1.13. The quantitative estimate of drug-likeness (QED) is 0.541. The smallest absolute Gasteiger partial charge is 0.149 e. The second kappa shape index (κ2) is 6.59. The van der Waals surface area contributed by atoms with Gasteiger partial charge in [-0.25, -0.2) is 4.31 Å². The Hall–Kier alpha value is 0.160. The molecule has 0 aromatic heterocycles. The second-order valence-corrected chi connectivity index (χ2v) is 4.76. The molecule has 0 unspecified atom stereocenters. The minimum Gasteiger partial charge on any atom is -0.370 e. The summed E-state index contributed by atoms with van der Waals surface area (Å²) >= 11 is 6.86. The third-order valence-corrected chi connectivity index (χ3v) is 3.11. The predicted octanol–water partition coefficient (Wildman–Crippen LogP) is 0.824. The normalized spacial score (nSPS) is 18.5. The van der Waals surface area contributed by atoms with Crippen LogP contribution in [-0.4, -0.2) is 41.3 Å². The van der Waals surface area contributed by atoms with Crippen LogP contribution in [0.4, 0.5) is 0 Å². The highest BCUT2D eigenvalue weighted by Gasteiger charge is 2.11. The van der Waals surface area contributed by atoms with Crippen molar-refractivity contribution in [3.63, 3.8) is 0 Å². The fourth-order valence-corrected chi connectivity index (χ4v) is 2.30. The fraction of sp³-hybridized carbons (Fsp3) is 0.875. The van der Waals surface area contributed by atoms with Gasteiger partial charge in [0.2, 0.25) is 0 Å². The SMILES string of the molecule is CCCNC(=S)SN1CCNCC1. The standard InChI is InChI=1S/C8H17N3S2/c1-2-3-10-8(12)13-11-6-4-9-5-7-11/h9H,2-7H2,1H3,(H,10,12). The predicted molar refractivity (Wildman–Crippen MR) is 62.9 cm³/mol. The molecular formula is C8H17N3S2. The van der Waals surface area contributed by atoms with Gasteiger partial charge in [0.25, 0.3) is 0 Å². The van der Waals surface area contributed by atoms with Crippen molar-refractivity contribution in [2.45, 2.75) is 13.3 Å². The highest BCUT2D eigenvalue weighted by molar-refractivity contribution is 8.21. The zero-order valence-corrected chi connectivity index (χ0v) is 9.64. The molecule has 0 aromatic carbocycles. The minimum absolute atomic E-state index is 0.906. The van der Waals surface area contributed by atoms with Crippen molar-refractivity contribution in [3.05, 3.63) is 0 Å². The second-order valence-electron chi connectivity index (χ2n) is 2.98. The molecule has 1 aliphatic heterocycles. The lowest BCUT2D eigenvalue weighted by molar-refractivity contribution is 0.398. The van der Waals surface area contributed by atoms with Crippen LogP contribution >= 0.6 is 24.2 Å². The van der Waals surface area contributed by atoms with Crippen molar-refractivity contribution in [2.24, 2.45) is 0 Å². The van der Waals surface area contributed by atoms with E-state index >= 15 is 0 Å². The van der Waals surface area contributed by atoms with E-state index in [9.17, 15) is 0 Å². The van der Waals surface area contributed by atoms with E-state index in [1.54, 1.807) is 11.9 Å². The van der Waals surface area contributed by atoms with Crippen LogP contribution in [-0.2, 0) is 0 Å². The van der Waals surface area contributed by atoms with Crippen molar-refractivity contribution in [1.29, 1.82) is 0 Å². The van der Waals surface area contributed by atoms with Crippen molar-refractivity contribution in [1.82, 2.24) is 14.9 Å². The van der Waals surface area contributed by atoms with Gasteiger partial charge in [0.1, 0.15) is 4.32 Å². The van der Waals surface area contributed by atoms with E-state index in [2.05, 4.69) is 21.9 Å². The van der Waals surface area contributed by atoms with Gasteiger partial charge in [0, 0.05) is 32.7 Å². The molecule has 0 radical (unpaired) electrons. The first-order valence-electron chi connectivity index (χ1n) is 4.74. The maximum absolute atomic E-state index is 5.19. The summed E-state index contributed by atoms with van der Waals surface area (Å²) in [5, 5.41) is 6.52. The first-order valence-corrected chi connectivity index (χ1v) is 5.92. The lowest BCUT2D eigenvalue weighted by Gasteiger charge is -2.25. The Morgan fingerprint density at radius 2 is 2.23 bits per heavy atom. The number of hydrogen-bond acceptors (Lipinski definition) is 4. The van der Waals surface area contributed by atoms with Gasteiger partial charge in [0.05, 0.1) is 0 Å². The topological polar surface area (TPSA) is 27.3 Å². The van der Waals surface area contributed by atoms with Crippen LogP contribution < -0.4 is 10.6 Å². The van der Waals surface area contributed by atoms with E-state index in [0.29, 0.717) is 0 Å². The van der Waals surface area contributed by atoms with Crippen LogP contribution in [0.2, 0.25) is 0 Å². The Bertz CT molecular complexity index is 157. The van der Waals surface area contributed by atoms with Crippen LogP contribution in [0.5, 0.6) is 0 Å². The first kappa shape index (κ1) is 11.2. The van der Waals surface area contributed by atoms with Crippen LogP contribution in [0.3, 0.4) is 0 Å². The third-order valence-electron chi connectivity index (χ3n) is 1.81. The molecule has 0 amide bonds. The summed E-state index contributed by atoms with van der Waals surface area (Å²) in [6, 6.07) is 0. The highest BCUT2D eigenvalue weighted by Crippen LogP contribution is 2.11. The van der Waals surface area contributed by atoms with Crippen molar-refractivity contribution in [2.75, 3.05) is 32.7 Å². The number of nitrogens with one attached hydrogen (secondary N) is 2. The maximum Gasteiger partial charge on any atom is 0.149 e. The summed E-state index contributed by atoms with van der Waals surface area (Å²) in [5.41, 5.74) is 0. The lowest BCUT2D eigenvalue weighted by Crippen LogP contribution is -2.41. The molecule has 0 spiro atoms. The third kappa shape index (κ3) is 4.81. The molecule has 3 nitrogen and oxygen atoms in total. The van der Waals surface area contributed by atoms with Gasteiger partial charge in [-0.15, -0.1) is 0 Å². The largest absolute Gasteiger partial charge is 0.370 e. The van der Waals surface area contributed by atoms with Gasteiger partial charge in [-0.3, -0.25) is 0 Å². The molecular weight excluding hydrogens is 202 g/mol. The monoisotopic (exact) mass is 219 g/mol. The molecule has 0 aromatic rings. The summed E-state index contributed by atoms with van der Waals surface area (Å²) in [4.78, 5) is 0. The Balaban J connectivity index is 2.11. The molecule has 1 aliphatic rings. The molecule has 1 fully saturated rings. The van der Waals surface area contributed by atoms with Gasteiger partial charge in [0.15, 0.2) is 0 Å². The van der Waals surface area contributed by atoms with Gasteiger partial charge in [-0.05, 0) is 18.4 Å². The van der Waals surface area contributed by atoms with E-state index in [0.717, 1.165) is 43.5 Å². The average molecular weight is 219 g/mol. The summed E-state index contributed by atoms with van der Waals surface area (Å²) in [6.45, 7) is 7.44. The van der Waals surface area contributed by atoms with Gasteiger partial charge in [-0.2, -0.15) is 0 Å². The molecule has 1 saturated heterocycles. The van der Waals surface area contributed by atoms with Crippen LogP contribution in [0.1, 0.15) is 13.3 Å². The van der Waals surface area contributed by atoms with E-state index in [-0.39, 0.29) is 0 Å². The first-order chi connectivity index (χ1) is 6.33. The molecule has 0 aliphatic carbocycles. The maximum atomic E-state index is 5.19. The minimum atomic E-state index is 0.906. The number of hydrogen-bond donors (Lipinski definition) is 2. The van der Waals surface area contributed by atoms with Crippen LogP contribution in [0.25, 0.3) is 0 Å². The van der Waals surface area contributed by atoms with Crippen LogP contribution in [0.15, 0.2) is 0 Å². The fourth-order valence-electron chi connectivity index (χ4n) is 1.11. The van der Waals surface area contributed by atoms with Gasteiger partial charge in [-0.1, -0.05) is 19.1 Å².